The van der Waals surface area contributed by atoms with Crippen molar-refractivity contribution in [3.63, 3.8) is 0 Å². The van der Waals surface area contributed by atoms with Gasteiger partial charge in [0.2, 0.25) is 0 Å². The Morgan fingerprint density at radius 1 is 1.57 bits per heavy atom. The molecule has 1 aliphatic rings. The van der Waals surface area contributed by atoms with Crippen LogP contribution in [0, 0.1) is 0 Å². The van der Waals surface area contributed by atoms with Gasteiger partial charge in [0.1, 0.15) is 6.04 Å². The molecule has 0 radical (unpaired) electrons. The summed E-state index contributed by atoms with van der Waals surface area (Å²) < 4.78 is 23.1. The standard InChI is InChI=1S/C8H15NO4S/c1-3-6-5(2)14(12,13)4-7(9-6)8(10)11/h5-7,9H,3-4H2,1-2H3,(H,10,11). The minimum Gasteiger partial charge on any atom is -0.480 e. The predicted molar refractivity (Wildman–Crippen MR) is 51.9 cm³/mol. The molecule has 0 bridgehead atoms. The van der Waals surface area contributed by atoms with Gasteiger partial charge in [-0.1, -0.05) is 6.92 Å². The van der Waals surface area contributed by atoms with E-state index in [1.807, 2.05) is 6.92 Å². The van der Waals surface area contributed by atoms with E-state index in [4.69, 9.17) is 5.11 Å². The van der Waals surface area contributed by atoms with Crippen molar-refractivity contribution >= 4 is 15.8 Å². The third-order valence-corrected chi connectivity index (χ3v) is 4.94. The number of carbonyl (C=O) groups is 1. The van der Waals surface area contributed by atoms with Crippen LogP contribution in [0.2, 0.25) is 0 Å². The topological polar surface area (TPSA) is 83.5 Å². The number of carboxylic acid groups (broad SMARTS) is 1. The maximum absolute atomic E-state index is 11.6. The van der Waals surface area contributed by atoms with Gasteiger partial charge in [-0.3, -0.25) is 10.1 Å². The summed E-state index contributed by atoms with van der Waals surface area (Å²) in [5.41, 5.74) is 0. The molecular weight excluding hydrogens is 206 g/mol. The number of nitrogens with one attached hydrogen (secondary N) is 1. The Bertz CT molecular complexity index is 324. The molecular formula is C8H15NO4S. The Hall–Kier alpha value is -0.620. The van der Waals surface area contributed by atoms with Gasteiger partial charge >= 0.3 is 5.97 Å². The molecule has 1 heterocycles. The summed E-state index contributed by atoms with van der Waals surface area (Å²) in [5.74, 6) is -1.40. The summed E-state index contributed by atoms with van der Waals surface area (Å²) >= 11 is 0. The molecule has 0 saturated carbocycles. The van der Waals surface area contributed by atoms with E-state index in [1.165, 1.54) is 0 Å². The zero-order valence-electron chi connectivity index (χ0n) is 8.23. The minimum atomic E-state index is -3.26. The second-order valence-corrected chi connectivity index (χ2v) is 6.01. The monoisotopic (exact) mass is 221 g/mol. The molecule has 0 aromatic carbocycles. The summed E-state index contributed by atoms with van der Waals surface area (Å²) in [6.07, 6.45) is 0.615. The molecule has 0 aliphatic carbocycles. The number of sulfone groups is 1. The molecule has 2 N–H and O–H groups in total. The lowest BCUT2D eigenvalue weighted by molar-refractivity contribution is -0.139. The van der Waals surface area contributed by atoms with Crippen molar-refractivity contribution in [1.82, 2.24) is 5.32 Å². The van der Waals surface area contributed by atoms with Gasteiger partial charge in [-0.25, -0.2) is 8.42 Å². The van der Waals surface area contributed by atoms with E-state index < -0.39 is 27.1 Å². The highest BCUT2D eigenvalue weighted by atomic mass is 32.2. The van der Waals surface area contributed by atoms with Gasteiger partial charge < -0.3 is 5.11 Å². The largest absolute Gasteiger partial charge is 0.480 e. The summed E-state index contributed by atoms with van der Waals surface area (Å²) in [7, 11) is -3.26. The van der Waals surface area contributed by atoms with Crippen LogP contribution >= 0.6 is 0 Å². The normalized spacial score (nSPS) is 36.6. The molecule has 1 saturated heterocycles. The quantitative estimate of drug-likeness (QED) is 0.664. The highest BCUT2D eigenvalue weighted by Gasteiger charge is 2.39. The molecule has 1 rings (SSSR count). The zero-order valence-corrected chi connectivity index (χ0v) is 9.04. The van der Waals surface area contributed by atoms with Gasteiger partial charge in [0, 0.05) is 6.04 Å². The lowest BCUT2D eigenvalue weighted by Crippen LogP contribution is -2.58. The number of rotatable bonds is 2. The van der Waals surface area contributed by atoms with Crippen LogP contribution in [0.4, 0.5) is 0 Å². The molecule has 1 fully saturated rings. The summed E-state index contributed by atoms with van der Waals surface area (Å²) in [6.45, 7) is 3.46. The highest BCUT2D eigenvalue weighted by Crippen LogP contribution is 2.17. The molecule has 5 nitrogen and oxygen atoms in total. The average molecular weight is 221 g/mol. The van der Waals surface area contributed by atoms with E-state index in [1.54, 1.807) is 6.92 Å². The maximum Gasteiger partial charge on any atom is 0.321 e. The SMILES string of the molecule is CCC1NC(C(=O)O)CS(=O)(=O)C1C. The number of hydrogen-bond acceptors (Lipinski definition) is 4. The first-order valence-corrected chi connectivity index (χ1v) is 6.30. The Kier molecular flexibility index (Phi) is 3.16. The van der Waals surface area contributed by atoms with Crippen molar-refractivity contribution in [3.8, 4) is 0 Å². The van der Waals surface area contributed by atoms with E-state index in [-0.39, 0.29) is 11.8 Å². The van der Waals surface area contributed by atoms with Crippen molar-refractivity contribution in [2.45, 2.75) is 37.6 Å². The van der Waals surface area contributed by atoms with Crippen LogP contribution in [0.1, 0.15) is 20.3 Å². The van der Waals surface area contributed by atoms with E-state index in [0.717, 1.165) is 0 Å². The van der Waals surface area contributed by atoms with Gasteiger partial charge in [-0.05, 0) is 13.3 Å². The van der Waals surface area contributed by atoms with Crippen molar-refractivity contribution in [2.75, 3.05) is 5.75 Å². The van der Waals surface area contributed by atoms with Crippen LogP contribution < -0.4 is 5.32 Å². The second kappa shape index (κ2) is 3.86. The van der Waals surface area contributed by atoms with Crippen molar-refractivity contribution < 1.29 is 18.3 Å². The Balaban J connectivity index is 2.91. The fourth-order valence-corrected chi connectivity index (χ4v) is 3.45. The third-order valence-electron chi connectivity index (χ3n) is 2.69. The Morgan fingerprint density at radius 3 is 2.57 bits per heavy atom. The van der Waals surface area contributed by atoms with E-state index >= 15 is 0 Å². The second-order valence-electron chi connectivity index (χ2n) is 3.61. The molecule has 0 amide bonds. The van der Waals surface area contributed by atoms with Crippen LogP contribution in [0.25, 0.3) is 0 Å². The molecule has 3 atom stereocenters. The average Bonchev–Trinajstić information content (AvgIpc) is 2.09. The molecule has 0 aromatic rings. The molecule has 82 valence electrons. The smallest absolute Gasteiger partial charge is 0.321 e. The fraction of sp³-hybridized carbons (Fsp3) is 0.875. The molecule has 0 aromatic heterocycles. The summed E-state index contributed by atoms with van der Waals surface area (Å²) in [5, 5.41) is 11.1. The molecule has 0 spiro atoms. The molecule has 14 heavy (non-hydrogen) atoms. The lowest BCUT2D eigenvalue weighted by Gasteiger charge is -2.33. The van der Waals surface area contributed by atoms with Crippen LogP contribution in [-0.2, 0) is 14.6 Å². The van der Waals surface area contributed by atoms with Gasteiger partial charge in [-0.15, -0.1) is 0 Å². The summed E-state index contributed by atoms with van der Waals surface area (Å²) in [6, 6.07) is -1.21. The van der Waals surface area contributed by atoms with Gasteiger partial charge in [0.05, 0.1) is 11.0 Å². The fourth-order valence-electron chi connectivity index (χ4n) is 1.67. The number of carboxylic acids is 1. The van der Waals surface area contributed by atoms with Crippen LogP contribution in [0.3, 0.4) is 0 Å². The first-order valence-electron chi connectivity index (χ1n) is 4.59. The molecule has 6 heteroatoms. The first-order chi connectivity index (χ1) is 6.38. The maximum atomic E-state index is 11.6. The third kappa shape index (κ3) is 2.06. The van der Waals surface area contributed by atoms with E-state index in [0.29, 0.717) is 6.42 Å². The van der Waals surface area contributed by atoms with Crippen LogP contribution in [0.15, 0.2) is 0 Å². The van der Waals surface area contributed by atoms with Crippen molar-refractivity contribution in [2.24, 2.45) is 0 Å². The number of hydrogen-bond donors (Lipinski definition) is 2. The van der Waals surface area contributed by atoms with Gasteiger partial charge in [0.15, 0.2) is 9.84 Å². The van der Waals surface area contributed by atoms with Crippen LogP contribution in [-0.4, -0.2) is 42.6 Å². The van der Waals surface area contributed by atoms with Gasteiger partial charge in [0.25, 0.3) is 0 Å². The molecule has 3 unspecified atom stereocenters. The first kappa shape index (κ1) is 11.5. The van der Waals surface area contributed by atoms with Crippen LogP contribution in [0.5, 0.6) is 0 Å². The Labute approximate surface area is 83.4 Å². The zero-order chi connectivity index (χ0) is 10.9. The predicted octanol–water partition coefficient (Wildman–Crippen LogP) is -0.375. The minimum absolute atomic E-state index is 0.255. The number of aliphatic carboxylic acids is 1. The van der Waals surface area contributed by atoms with Gasteiger partial charge in [-0.2, -0.15) is 0 Å². The lowest BCUT2D eigenvalue weighted by atomic mass is 10.1. The molecule has 1 aliphatic heterocycles. The van der Waals surface area contributed by atoms with E-state index in [2.05, 4.69) is 5.32 Å². The Morgan fingerprint density at radius 2 is 2.14 bits per heavy atom. The highest BCUT2D eigenvalue weighted by molar-refractivity contribution is 7.92. The van der Waals surface area contributed by atoms with E-state index in [9.17, 15) is 13.2 Å². The summed E-state index contributed by atoms with van der Waals surface area (Å²) in [4.78, 5) is 10.7. The van der Waals surface area contributed by atoms with Crippen molar-refractivity contribution in [3.05, 3.63) is 0 Å². The van der Waals surface area contributed by atoms with Crippen molar-refractivity contribution in [1.29, 1.82) is 0 Å².